The first-order chi connectivity index (χ1) is 9.60. The molecular weight excluding hydrogens is 254 g/mol. The van der Waals surface area contributed by atoms with Crippen LogP contribution in [0.4, 0.5) is 0 Å². The van der Waals surface area contributed by atoms with Gasteiger partial charge in [-0.05, 0) is 19.8 Å². The molecule has 1 aliphatic rings. The maximum absolute atomic E-state index is 12.2. The summed E-state index contributed by atoms with van der Waals surface area (Å²) in [5.74, 6) is 0.227. The van der Waals surface area contributed by atoms with Gasteiger partial charge in [0.2, 0.25) is 11.8 Å². The highest BCUT2D eigenvalue weighted by atomic mass is 16.2. The van der Waals surface area contributed by atoms with Crippen molar-refractivity contribution in [3.05, 3.63) is 0 Å². The lowest BCUT2D eigenvalue weighted by atomic mass is 10.1. The monoisotopic (exact) mass is 283 g/mol. The van der Waals surface area contributed by atoms with Crippen molar-refractivity contribution in [2.45, 2.75) is 52.5 Å². The summed E-state index contributed by atoms with van der Waals surface area (Å²) >= 11 is 0. The second kappa shape index (κ2) is 8.95. The number of piperazine rings is 1. The van der Waals surface area contributed by atoms with Gasteiger partial charge in [0.05, 0.1) is 0 Å². The molecule has 116 valence electrons. The fraction of sp³-hybridized carbons (Fsp3) is 0.867. The summed E-state index contributed by atoms with van der Waals surface area (Å²) in [5, 5.41) is 3.27. The normalized spacial score (nSPS) is 18.9. The molecule has 1 aliphatic heterocycles. The number of amides is 2. The fourth-order valence-corrected chi connectivity index (χ4v) is 2.63. The zero-order valence-corrected chi connectivity index (χ0v) is 13.2. The second-order valence-corrected chi connectivity index (χ2v) is 5.52. The lowest BCUT2D eigenvalue weighted by Gasteiger charge is -2.34. The van der Waals surface area contributed by atoms with Crippen molar-refractivity contribution in [1.82, 2.24) is 15.1 Å². The van der Waals surface area contributed by atoms with E-state index in [1.807, 2.05) is 16.7 Å². The van der Waals surface area contributed by atoms with E-state index in [1.54, 1.807) is 0 Å². The first-order valence-corrected chi connectivity index (χ1v) is 7.88. The van der Waals surface area contributed by atoms with Crippen LogP contribution in [0.1, 0.15) is 46.5 Å². The van der Waals surface area contributed by atoms with Gasteiger partial charge in [-0.1, -0.05) is 13.8 Å². The van der Waals surface area contributed by atoms with Gasteiger partial charge in [-0.2, -0.15) is 0 Å². The summed E-state index contributed by atoms with van der Waals surface area (Å²) in [7, 11) is 0. The zero-order valence-electron chi connectivity index (χ0n) is 13.2. The van der Waals surface area contributed by atoms with E-state index in [9.17, 15) is 9.59 Å². The minimum atomic E-state index is 0.111. The predicted octanol–water partition coefficient (Wildman–Crippen LogP) is 1.24. The number of hydrogen-bond donors (Lipinski definition) is 1. The summed E-state index contributed by atoms with van der Waals surface area (Å²) in [6, 6.07) is 0.230. The number of rotatable bonds is 7. The van der Waals surface area contributed by atoms with Crippen molar-refractivity contribution in [3.8, 4) is 0 Å². The third-order valence-corrected chi connectivity index (χ3v) is 3.71. The van der Waals surface area contributed by atoms with Crippen molar-refractivity contribution in [2.24, 2.45) is 0 Å². The Morgan fingerprint density at radius 1 is 1.20 bits per heavy atom. The Hall–Kier alpha value is -1.10. The van der Waals surface area contributed by atoms with Gasteiger partial charge in [-0.3, -0.25) is 9.59 Å². The Morgan fingerprint density at radius 2 is 1.85 bits per heavy atom. The van der Waals surface area contributed by atoms with Crippen LogP contribution in [0.5, 0.6) is 0 Å². The van der Waals surface area contributed by atoms with Gasteiger partial charge in [-0.15, -0.1) is 0 Å². The number of carbonyl (C=O) groups is 2. The molecule has 1 heterocycles. The molecule has 1 atom stereocenters. The van der Waals surface area contributed by atoms with E-state index in [4.69, 9.17) is 0 Å². The molecule has 0 bridgehead atoms. The predicted molar refractivity (Wildman–Crippen MR) is 80.4 cm³/mol. The van der Waals surface area contributed by atoms with Crippen LogP contribution >= 0.6 is 0 Å². The number of nitrogens with one attached hydrogen (secondary N) is 1. The molecule has 0 spiro atoms. The van der Waals surface area contributed by atoms with E-state index in [0.717, 1.165) is 45.6 Å². The molecule has 0 aromatic heterocycles. The Morgan fingerprint density at radius 3 is 2.40 bits per heavy atom. The van der Waals surface area contributed by atoms with Gasteiger partial charge in [0.1, 0.15) is 0 Å². The molecule has 1 rings (SSSR count). The smallest absolute Gasteiger partial charge is 0.223 e. The average Bonchev–Trinajstić information content (AvgIpc) is 2.44. The van der Waals surface area contributed by atoms with E-state index >= 15 is 0 Å². The Labute approximate surface area is 122 Å². The van der Waals surface area contributed by atoms with Gasteiger partial charge >= 0.3 is 0 Å². The molecule has 0 radical (unpaired) electrons. The molecule has 20 heavy (non-hydrogen) atoms. The standard InChI is InChI=1S/C15H29N3O2/c1-4-9-17(10-5-2)14(19)6-7-15(20)18-11-8-16-12-13(18)3/h13,16H,4-12H2,1-3H3/t13-/m1/s1. The zero-order chi connectivity index (χ0) is 15.0. The van der Waals surface area contributed by atoms with Crippen LogP contribution < -0.4 is 5.32 Å². The molecule has 2 amide bonds. The minimum absolute atomic E-state index is 0.111. The SMILES string of the molecule is CCCN(CCC)C(=O)CCC(=O)N1CCNC[C@H]1C. The maximum atomic E-state index is 12.2. The lowest BCUT2D eigenvalue weighted by molar-refractivity contribution is -0.138. The van der Waals surface area contributed by atoms with Gasteiger partial charge in [0.25, 0.3) is 0 Å². The van der Waals surface area contributed by atoms with Gasteiger partial charge in [0, 0.05) is 51.6 Å². The van der Waals surface area contributed by atoms with E-state index in [1.165, 1.54) is 0 Å². The molecular formula is C15H29N3O2. The van der Waals surface area contributed by atoms with Crippen LogP contribution in [-0.2, 0) is 9.59 Å². The molecule has 5 heteroatoms. The highest BCUT2D eigenvalue weighted by Gasteiger charge is 2.23. The topological polar surface area (TPSA) is 52.7 Å². The van der Waals surface area contributed by atoms with Crippen molar-refractivity contribution in [3.63, 3.8) is 0 Å². The van der Waals surface area contributed by atoms with Gasteiger partial charge in [0.15, 0.2) is 0 Å². The summed E-state index contributed by atoms with van der Waals surface area (Å²) < 4.78 is 0. The number of carbonyl (C=O) groups excluding carboxylic acids is 2. The highest BCUT2D eigenvalue weighted by molar-refractivity contribution is 5.84. The van der Waals surface area contributed by atoms with E-state index in [0.29, 0.717) is 12.8 Å². The number of hydrogen-bond acceptors (Lipinski definition) is 3. The Kier molecular flexibility index (Phi) is 7.59. The third kappa shape index (κ3) is 5.12. The van der Waals surface area contributed by atoms with Crippen LogP contribution in [0, 0.1) is 0 Å². The quantitative estimate of drug-likeness (QED) is 0.765. The summed E-state index contributed by atoms with van der Waals surface area (Å²) in [6.07, 6.45) is 2.62. The van der Waals surface area contributed by atoms with Crippen molar-refractivity contribution in [1.29, 1.82) is 0 Å². The molecule has 0 unspecified atom stereocenters. The third-order valence-electron chi connectivity index (χ3n) is 3.71. The maximum Gasteiger partial charge on any atom is 0.223 e. The highest BCUT2D eigenvalue weighted by Crippen LogP contribution is 2.08. The average molecular weight is 283 g/mol. The van der Waals surface area contributed by atoms with Crippen LogP contribution in [0.15, 0.2) is 0 Å². The molecule has 0 aromatic rings. The van der Waals surface area contributed by atoms with Crippen molar-refractivity contribution >= 4 is 11.8 Å². The van der Waals surface area contributed by atoms with Crippen LogP contribution in [0.2, 0.25) is 0 Å². The van der Waals surface area contributed by atoms with E-state index in [2.05, 4.69) is 19.2 Å². The molecule has 1 N–H and O–H groups in total. The fourth-order valence-electron chi connectivity index (χ4n) is 2.63. The Balaban J connectivity index is 2.40. The summed E-state index contributed by atoms with van der Waals surface area (Å²) in [6.45, 7) is 10.2. The first kappa shape index (κ1) is 17.0. The molecule has 1 saturated heterocycles. The summed E-state index contributed by atoms with van der Waals surface area (Å²) in [4.78, 5) is 28.1. The summed E-state index contributed by atoms with van der Waals surface area (Å²) in [5.41, 5.74) is 0. The van der Waals surface area contributed by atoms with Crippen LogP contribution in [0.25, 0.3) is 0 Å². The van der Waals surface area contributed by atoms with Crippen molar-refractivity contribution in [2.75, 3.05) is 32.7 Å². The Bertz CT molecular complexity index is 314. The van der Waals surface area contributed by atoms with E-state index < -0.39 is 0 Å². The van der Waals surface area contributed by atoms with Crippen LogP contribution in [0.3, 0.4) is 0 Å². The first-order valence-electron chi connectivity index (χ1n) is 7.88. The molecule has 1 fully saturated rings. The second-order valence-electron chi connectivity index (χ2n) is 5.52. The lowest BCUT2D eigenvalue weighted by Crippen LogP contribution is -2.52. The minimum Gasteiger partial charge on any atom is -0.343 e. The molecule has 0 aliphatic carbocycles. The largest absolute Gasteiger partial charge is 0.343 e. The molecule has 0 aromatic carbocycles. The van der Waals surface area contributed by atoms with Crippen LogP contribution in [-0.4, -0.2) is 60.4 Å². The van der Waals surface area contributed by atoms with Gasteiger partial charge in [-0.25, -0.2) is 0 Å². The molecule has 0 saturated carbocycles. The van der Waals surface area contributed by atoms with Crippen molar-refractivity contribution < 1.29 is 9.59 Å². The number of nitrogens with zero attached hydrogens (tertiary/aromatic N) is 2. The van der Waals surface area contributed by atoms with Gasteiger partial charge < -0.3 is 15.1 Å². The van der Waals surface area contributed by atoms with E-state index in [-0.39, 0.29) is 17.9 Å². The molecule has 5 nitrogen and oxygen atoms in total.